The molecule has 6 heteroatoms. The Morgan fingerprint density at radius 2 is 2.00 bits per heavy atom. The molecule has 0 unspecified atom stereocenters. The SMILES string of the molecule is Clc1ccc(Oc2ncnc3ccsc23)c2ncccc12. The Kier molecular flexibility index (Phi) is 2.94. The highest BCUT2D eigenvalue weighted by Gasteiger charge is 2.11. The molecule has 3 aromatic heterocycles. The second-order valence-electron chi connectivity index (χ2n) is 4.36. The first-order chi connectivity index (χ1) is 10.3. The van der Waals surface area contributed by atoms with Crippen molar-refractivity contribution in [1.29, 1.82) is 0 Å². The van der Waals surface area contributed by atoms with E-state index in [0.717, 1.165) is 15.6 Å². The molecule has 0 radical (unpaired) electrons. The van der Waals surface area contributed by atoms with Crippen molar-refractivity contribution in [3.05, 3.63) is 53.3 Å². The zero-order valence-corrected chi connectivity index (χ0v) is 12.2. The van der Waals surface area contributed by atoms with Crippen LogP contribution in [0.4, 0.5) is 0 Å². The largest absolute Gasteiger partial charge is 0.435 e. The number of hydrogen-bond acceptors (Lipinski definition) is 5. The zero-order chi connectivity index (χ0) is 14.2. The molecule has 0 bridgehead atoms. The van der Waals surface area contributed by atoms with Crippen LogP contribution >= 0.6 is 22.9 Å². The standard InChI is InChI=1S/C15H8ClN3OS/c16-10-3-4-12(13-9(10)2-1-6-17-13)20-15-14-11(5-7-21-14)18-8-19-15/h1-8H. The van der Waals surface area contributed by atoms with Gasteiger partial charge in [-0.2, -0.15) is 0 Å². The van der Waals surface area contributed by atoms with Crippen molar-refractivity contribution in [3.8, 4) is 11.6 Å². The summed E-state index contributed by atoms with van der Waals surface area (Å²) in [6, 6.07) is 9.30. The predicted octanol–water partition coefficient (Wildman–Crippen LogP) is 4.69. The lowest BCUT2D eigenvalue weighted by Gasteiger charge is -2.08. The first-order valence-electron chi connectivity index (χ1n) is 6.22. The van der Waals surface area contributed by atoms with Crippen molar-refractivity contribution in [2.24, 2.45) is 0 Å². The minimum atomic E-state index is 0.532. The van der Waals surface area contributed by atoms with E-state index in [2.05, 4.69) is 15.0 Å². The molecule has 0 amide bonds. The zero-order valence-electron chi connectivity index (χ0n) is 10.7. The summed E-state index contributed by atoms with van der Waals surface area (Å²) in [5, 5.41) is 3.47. The minimum absolute atomic E-state index is 0.532. The van der Waals surface area contributed by atoms with Gasteiger partial charge in [0.05, 0.1) is 10.5 Å². The Hall–Kier alpha value is -2.24. The molecule has 0 N–H and O–H groups in total. The second kappa shape index (κ2) is 4.95. The maximum absolute atomic E-state index is 6.19. The van der Waals surface area contributed by atoms with Crippen molar-refractivity contribution in [3.63, 3.8) is 0 Å². The molecule has 0 aliphatic rings. The summed E-state index contributed by atoms with van der Waals surface area (Å²) in [7, 11) is 0. The lowest BCUT2D eigenvalue weighted by molar-refractivity contribution is 0.473. The van der Waals surface area contributed by atoms with Crippen molar-refractivity contribution >= 4 is 44.1 Å². The van der Waals surface area contributed by atoms with E-state index in [1.807, 2.05) is 23.6 Å². The fraction of sp³-hybridized carbons (Fsp3) is 0. The number of nitrogens with zero attached hydrogens (tertiary/aromatic N) is 3. The lowest BCUT2D eigenvalue weighted by atomic mass is 10.2. The molecular weight excluding hydrogens is 306 g/mol. The average molecular weight is 314 g/mol. The Labute approximate surface area is 129 Å². The van der Waals surface area contributed by atoms with Crippen LogP contribution in [0.15, 0.2) is 48.2 Å². The number of thiophene rings is 1. The van der Waals surface area contributed by atoms with Crippen molar-refractivity contribution in [2.45, 2.75) is 0 Å². The van der Waals surface area contributed by atoms with E-state index in [9.17, 15) is 0 Å². The highest BCUT2D eigenvalue weighted by atomic mass is 35.5. The van der Waals surface area contributed by atoms with Crippen LogP contribution in [0.25, 0.3) is 21.1 Å². The topological polar surface area (TPSA) is 47.9 Å². The van der Waals surface area contributed by atoms with Crippen LogP contribution < -0.4 is 4.74 Å². The van der Waals surface area contributed by atoms with Gasteiger partial charge in [-0.15, -0.1) is 11.3 Å². The molecule has 0 spiro atoms. The van der Waals surface area contributed by atoms with Crippen molar-refractivity contribution in [2.75, 3.05) is 0 Å². The maximum atomic E-state index is 6.19. The molecule has 102 valence electrons. The highest BCUT2D eigenvalue weighted by Crippen LogP contribution is 2.35. The molecule has 0 aliphatic heterocycles. The average Bonchev–Trinajstić information content (AvgIpc) is 3.00. The van der Waals surface area contributed by atoms with E-state index in [4.69, 9.17) is 16.3 Å². The molecule has 0 saturated carbocycles. The third-order valence-electron chi connectivity index (χ3n) is 3.10. The first-order valence-corrected chi connectivity index (χ1v) is 7.48. The smallest absolute Gasteiger partial charge is 0.240 e. The summed E-state index contributed by atoms with van der Waals surface area (Å²) in [4.78, 5) is 12.8. The van der Waals surface area contributed by atoms with Crippen LogP contribution in [0.5, 0.6) is 11.6 Å². The number of benzene rings is 1. The van der Waals surface area contributed by atoms with Gasteiger partial charge in [0.15, 0.2) is 5.75 Å². The molecule has 0 aliphatic carbocycles. The van der Waals surface area contributed by atoms with Gasteiger partial charge in [0.1, 0.15) is 16.5 Å². The minimum Gasteiger partial charge on any atom is -0.435 e. The third kappa shape index (κ3) is 2.11. The number of ether oxygens (including phenoxy) is 1. The van der Waals surface area contributed by atoms with Crippen LogP contribution in [0.1, 0.15) is 0 Å². The summed E-state index contributed by atoms with van der Waals surface area (Å²) in [5.74, 6) is 1.16. The van der Waals surface area contributed by atoms with E-state index < -0.39 is 0 Å². The summed E-state index contributed by atoms with van der Waals surface area (Å²) >= 11 is 7.74. The molecule has 0 saturated heterocycles. The van der Waals surface area contributed by atoms with Gasteiger partial charge in [0.2, 0.25) is 5.88 Å². The van der Waals surface area contributed by atoms with Gasteiger partial charge in [-0.3, -0.25) is 4.98 Å². The van der Waals surface area contributed by atoms with E-state index >= 15 is 0 Å². The number of fused-ring (bicyclic) bond motifs is 2. The summed E-state index contributed by atoms with van der Waals surface area (Å²) in [6.07, 6.45) is 3.21. The molecule has 4 aromatic rings. The Morgan fingerprint density at radius 3 is 2.95 bits per heavy atom. The van der Waals surface area contributed by atoms with Gasteiger partial charge >= 0.3 is 0 Å². The Bertz CT molecular complexity index is 954. The number of halogens is 1. The number of rotatable bonds is 2. The molecule has 4 rings (SSSR count). The van der Waals surface area contributed by atoms with Crippen LogP contribution in [0.3, 0.4) is 0 Å². The first kappa shape index (κ1) is 12.5. The lowest BCUT2D eigenvalue weighted by Crippen LogP contribution is -1.91. The van der Waals surface area contributed by atoms with Crippen LogP contribution in [-0.4, -0.2) is 15.0 Å². The van der Waals surface area contributed by atoms with Crippen LogP contribution in [0.2, 0.25) is 5.02 Å². The summed E-state index contributed by atoms with van der Waals surface area (Å²) in [5.41, 5.74) is 1.59. The van der Waals surface area contributed by atoms with E-state index in [1.54, 1.807) is 29.7 Å². The molecule has 0 fully saturated rings. The number of aromatic nitrogens is 3. The van der Waals surface area contributed by atoms with Gasteiger partial charge in [0, 0.05) is 11.6 Å². The predicted molar refractivity (Wildman–Crippen MR) is 84.2 cm³/mol. The molecule has 1 aromatic carbocycles. The monoisotopic (exact) mass is 313 g/mol. The Morgan fingerprint density at radius 1 is 1.05 bits per heavy atom. The van der Waals surface area contributed by atoms with Gasteiger partial charge < -0.3 is 4.74 Å². The van der Waals surface area contributed by atoms with Gasteiger partial charge in [-0.1, -0.05) is 11.6 Å². The van der Waals surface area contributed by atoms with E-state index in [0.29, 0.717) is 22.2 Å². The molecule has 3 heterocycles. The summed E-state index contributed by atoms with van der Waals surface area (Å²) < 4.78 is 6.87. The van der Waals surface area contributed by atoms with E-state index in [-0.39, 0.29) is 0 Å². The molecular formula is C15H8ClN3OS. The van der Waals surface area contributed by atoms with Crippen LogP contribution in [0, 0.1) is 0 Å². The van der Waals surface area contributed by atoms with Gasteiger partial charge in [-0.05, 0) is 35.7 Å². The molecule has 4 nitrogen and oxygen atoms in total. The quantitative estimate of drug-likeness (QED) is 0.539. The van der Waals surface area contributed by atoms with Gasteiger partial charge in [0.25, 0.3) is 0 Å². The second-order valence-corrected chi connectivity index (χ2v) is 5.68. The maximum Gasteiger partial charge on any atom is 0.240 e. The third-order valence-corrected chi connectivity index (χ3v) is 4.32. The van der Waals surface area contributed by atoms with Crippen molar-refractivity contribution < 1.29 is 4.74 Å². The highest BCUT2D eigenvalue weighted by molar-refractivity contribution is 7.17. The normalized spacial score (nSPS) is 11.1. The van der Waals surface area contributed by atoms with Gasteiger partial charge in [-0.25, -0.2) is 9.97 Å². The summed E-state index contributed by atoms with van der Waals surface area (Å²) in [6.45, 7) is 0. The van der Waals surface area contributed by atoms with Crippen LogP contribution in [-0.2, 0) is 0 Å². The van der Waals surface area contributed by atoms with E-state index in [1.165, 1.54) is 6.33 Å². The van der Waals surface area contributed by atoms with Crippen molar-refractivity contribution in [1.82, 2.24) is 15.0 Å². The molecule has 0 atom stereocenters. The molecule has 21 heavy (non-hydrogen) atoms. The number of hydrogen-bond donors (Lipinski definition) is 0. The fourth-order valence-corrected chi connectivity index (χ4v) is 3.12. The number of pyridine rings is 1. The fourth-order valence-electron chi connectivity index (χ4n) is 2.14. The Balaban J connectivity index is 1.88.